The summed E-state index contributed by atoms with van der Waals surface area (Å²) in [6.45, 7) is 12.2. The largest absolute Gasteiger partial charge is 0.379 e. The first-order chi connectivity index (χ1) is 8.29. The van der Waals surface area contributed by atoms with Gasteiger partial charge in [0.15, 0.2) is 0 Å². The SMILES string of the molecule is CC(C)OCCC1(CCl)CCC(C(C)(C)C)CC1. The zero-order valence-electron chi connectivity index (χ0n) is 12.9. The van der Waals surface area contributed by atoms with Crippen molar-refractivity contribution in [3.63, 3.8) is 0 Å². The maximum Gasteiger partial charge on any atom is 0.0518 e. The molecule has 0 aliphatic heterocycles. The minimum absolute atomic E-state index is 0.336. The Balaban J connectivity index is 2.44. The van der Waals surface area contributed by atoms with Crippen LogP contribution in [0.15, 0.2) is 0 Å². The molecule has 0 bridgehead atoms. The summed E-state index contributed by atoms with van der Waals surface area (Å²) in [4.78, 5) is 0. The first kappa shape index (κ1) is 16.3. The van der Waals surface area contributed by atoms with Crippen LogP contribution in [0.4, 0.5) is 0 Å². The Morgan fingerprint density at radius 2 is 1.78 bits per heavy atom. The lowest BCUT2D eigenvalue weighted by atomic mass is 9.64. The molecule has 0 unspecified atom stereocenters. The Hall–Kier alpha value is 0.250. The monoisotopic (exact) mass is 274 g/mol. The van der Waals surface area contributed by atoms with Gasteiger partial charge in [0.2, 0.25) is 0 Å². The third-order valence-electron chi connectivity index (χ3n) is 4.64. The second-order valence-electron chi connectivity index (χ2n) is 7.44. The maximum atomic E-state index is 6.26. The average molecular weight is 275 g/mol. The molecule has 0 amide bonds. The molecule has 0 aromatic rings. The van der Waals surface area contributed by atoms with Gasteiger partial charge >= 0.3 is 0 Å². The van der Waals surface area contributed by atoms with Crippen LogP contribution in [0, 0.1) is 16.7 Å². The molecule has 1 fully saturated rings. The van der Waals surface area contributed by atoms with Gasteiger partial charge in [0.1, 0.15) is 0 Å². The fourth-order valence-electron chi connectivity index (χ4n) is 3.06. The van der Waals surface area contributed by atoms with Crippen LogP contribution in [0.2, 0.25) is 0 Å². The highest BCUT2D eigenvalue weighted by atomic mass is 35.5. The topological polar surface area (TPSA) is 9.23 Å². The van der Waals surface area contributed by atoms with Crippen LogP contribution >= 0.6 is 11.6 Å². The maximum absolute atomic E-state index is 6.26. The highest BCUT2D eigenvalue weighted by Gasteiger charge is 2.37. The third-order valence-corrected chi connectivity index (χ3v) is 5.21. The van der Waals surface area contributed by atoms with E-state index >= 15 is 0 Å². The number of hydrogen-bond donors (Lipinski definition) is 0. The van der Waals surface area contributed by atoms with Crippen molar-refractivity contribution in [1.82, 2.24) is 0 Å². The molecule has 0 spiro atoms. The molecule has 0 aromatic carbocycles. The highest BCUT2D eigenvalue weighted by Crippen LogP contribution is 2.47. The first-order valence-electron chi connectivity index (χ1n) is 7.47. The minimum Gasteiger partial charge on any atom is -0.379 e. The molecule has 18 heavy (non-hydrogen) atoms. The Morgan fingerprint density at radius 1 is 1.22 bits per heavy atom. The molecule has 108 valence electrons. The summed E-state index contributed by atoms with van der Waals surface area (Å²) in [6.07, 6.45) is 6.68. The summed E-state index contributed by atoms with van der Waals surface area (Å²) in [5, 5.41) is 0. The summed E-state index contributed by atoms with van der Waals surface area (Å²) in [5.74, 6) is 1.66. The number of halogens is 1. The Morgan fingerprint density at radius 3 is 2.17 bits per heavy atom. The van der Waals surface area contributed by atoms with Crippen molar-refractivity contribution < 1.29 is 4.74 Å². The van der Waals surface area contributed by atoms with E-state index in [0.29, 0.717) is 16.9 Å². The van der Waals surface area contributed by atoms with Crippen molar-refractivity contribution in [1.29, 1.82) is 0 Å². The van der Waals surface area contributed by atoms with Gasteiger partial charge in [0.25, 0.3) is 0 Å². The zero-order valence-corrected chi connectivity index (χ0v) is 13.6. The van der Waals surface area contributed by atoms with Crippen molar-refractivity contribution in [2.24, 2.45) is 16.7 Å². The van der Waals surface area contributed by atoms with Crippen molar-refractivity contribution in [2.75, 3.05) is 12.5 Å². The van der Waals surface area contributed by atoms with Gasteiger partial charge in [-0.15, -0.1) is 11.6 Å². The third kappa shape index (κ3) is 4.74. The van der Waals surface area contributed by atoms with E-state index in [2.05, 4.69) is 34.6 Å². The minimum atomic E-state index is 0.336. The van der Waals surface area contributed by atoms with Gasteiger partial charge in [-0.05, 0) is 62.7 Å². The van der Waals surface area contributed by atoms with Crippen LogP contribution in [0.5, 0.6) is 0 Å². The molecule has 1 nitrogen and oxygen atoms in total. The molecule has 1 rings (SSSR count). The molecule has 1 aliphatic rings. The molecule has 1 saturated carbocycles. The van der Waals surface area contributed by atoms with Gasteiger partial charge in [-0.25, -0.2) is 0 Å². The Labute approximate surface area is 119 Å². The summed E-state index contributed by atoms with van der Waals surface area (Å²) in [6, 6.07) is 0. The number of ether oxygens (including phenoxy) is 1. The molecule has 0 N–H and O–H groups in total. The molecular weight excluding hydrogens is 244 g/mol. The Kier molecular flexibility index (Phi) is 5.99. The van der Waals surface area contributed by atoms with Crippen LogP contribution in [-0.4, -0.2) is 18.6 Å². The van der Waals surface area contributed by atoms with Crippen LogP contribution in [-0.2, 0) is 4.74 Å². The fraction of sp³-hybridized carbons (Fsp3) is 1.00. The smallest absolute Gasteiger partial charge is 0.0518 e. The van der Waals surface area contributed by atoms with Gasteiger partial charge in [-0.3, -0.25) is 0 Å². The van der Waals surface area contributed by atoms with E-state index in [1.54, 1.807) is 0 Å². The van der Waals surface area contributed by atoms with Gasteiger partial charge < -0.3 is 4.74 Å². The predicted octanol–water partition coefficient (Wildman–Crippen LogP) is 5.26. The van der Waals surface area contributed by atoms with Crippen molar-refractivity contribution in [3.05, 3.63) is 0 Å². The van der Waals surface area contributed by atoms with Gasteiger partial charge in [-0.2, -0.15) is 0 Å². The lowest BCUT2D eigenvalue weighted by Crippen LogP contribution is -2.34. The second-order valence-corrected chi connectivity index (χ2v) is 7.71. The summed E-state index contributed by atoms with van der Waals surface area (Å²) >= 11 is 6.26. The van der Waals surface area contributed by atoms with Crippen LogP contribution < -0.4 is 0 Å². The zero-order chi connectivity index (χ0) is 13.8. The van der Waals surface area contributed by atoms with E-state index in [1.807, 2.05) is 0 Å². The van der Waals surface area contributed by atoms with Crippen molar-refractivity contribution >= 4 is 11.6 Å². The van der Waals surface area contributed by atoms with Crippen molar-refractivity contribution in [2.45, 2.75) is 72.8 Å². The fourth-order valence-corrected chi connectivity index (χ4v) is 3.46. The molecule has 1 aliphatic carbocycles. The van der Waals surface area contributed by atoms with Gasteiger partial charge in [0.05, 0.1) is 6.10 Å². The predicted molar refractivity (Wildman–Crippen MR) is 80.3 cm³/mol. The second kappa shape index (κ2) is 6.61. The molecule has 0 heterocycles. The van der Waals surface area contributed by atoms with E-state index < -0.39 is 0 Å². The Bertz CT molecular complexity index is 234. The normalized spacial score (nSPS) is 29.8. The molecule has 0 aromatic heterocycles. The van der Waals surface area contributed by atoms with E-state index in [9.17, 15) is 0 Å². The van der Waals surface area contributed by atoms with Crippen molar-refractivity contribution in [3.8, 4) is 0 Å². The van der Waals surface area contributed by atoms with E-state index in [4.69, 9.17) is 16.3 Å². The average Bonchev–Trinajstić information content (AvgIpc) is 2.28. The summed E-state index contributed by atoms with van der Waals surface area (Å²) in [7, 11) is 0. The van der Waals surface area contributed by atoms with Crippen LogP contribution in [0.1, 0.15) is 66.7 Å². The summed E-state index contributed by atoms with van der Waals surface area (Å²) < 4.78 is 5.71. The molecule has 0 atom stereocenters. The molecule has 2 heteroatoms. The van der Waals surface area contributed by atoms with E-state index in [0.717, 1.165) is 24.8 Å². The molecular formula is C16H31ClO. The lowest BCUT2D eigenvalue weighted by molar-refractivity contribution is 0.0306. The van der Waals surface area contributed by atoms with Crippen LogP contribution in [0.3, 0.4) is 0 Å². The molecule has 0 saturated heterocycles. The van der Waals surface area contributed by atoms with E-state index in [-0.39, 0.29) is 0 Å². The summed E-state index contributed by atoms with van der Waals surface area (Å²) in [5.41, 5.74) is 0.797. The van der Waals surface area contributed by atoms with E-state index in [1.165, 1.54) is 25.7 Å². The highest BCUT2D eigenvalue weighted by molar-refractivity contribution is 6.18. The quantitative estimate of drug-likeness (QED) is 0.621. The number of hydrogen-bond acceptors (Lipinski definition) is 1. The van der Waals surface area contributed by atoms with Gasteiger partial charge in [-0.1, -0.05) is 20.8 Å². The standard InChI is InChI=1S/C16H31ClO/c1-13(2)18-11-10-16(12-17)8-6-14(7-9-16)15(3,4)5/h13-14H,6-12H2,1-5H3. The molecule has 0 radical (unpaired) electrons. The number of rotatable bonds is 5. The lowest BCUT2D eigenvalue weighted by Gasteiger charge is -2.43. The van der Waals surface area contributed by atoms with Crippen LogP contribution in [0.25, 0.3) is 0 Å². The van der Waals surface area contributed by atoms with Gasteiger partial charge in [0, 0.05) is 12.5 Å². The number of alkyl halides is 1. The first-order valence-corrected chi connectivity index (χ1v) is 8.00.